The molecule has 0 bridgehead atoms. The van der Waals surface area contributed by atoms with E-state index in [4.69, 9.17) is 0 Å². The van der Waals surface area contributed by atoms with Crippen molar-refractivity contribution in [2.24, 2.45) is 0 Å². The first-order valence-corrected chi connectivity index (χ1v) is 7.95. The largest absolute Gasteiger partial charge is 0.310 e. The van der Waals surface area contributed by atoms with Gasteiger partial charge in [-0.15, -0.1) is 11.3 Å². The first-order chi connectivity index (χ1) is 9.22. The molecule has 0 radical (unpaired) electrons. The van der Waals surface area contributed by atoms with Crippen molar-refractivity contribution in [3.05, 3.63) is 50.6 Å². The number of nitrogens with one attached hydrogen (secondary N) is 1. The lowest BCUT2D eigenvalue weighted by Crippen LogP contribution is -2.24. The summed E-state index contributed by atoms with van der Waals surface area (Å²) in [6, 6.07) is 5.25. The maximum Gasteiger partial charge on any atom is 0.137 e. The maximum atomic E-state index is 13.7. The van der Waals surface area contributed by atoms with Crippen molar-refractivity contribution in [3.63, 3.8) is 0 Å². The van der Waals surface area contributed by atoms with Gasteiger partial charge in [0, 0.05) is 24.0 Å². The highest BCUT2D eigenvalue weighted by Crippen LogP contribution is 2.28. The van der Waals surface area contributed by atoms with Crippen LogP contribution in [-0.2, 0) is 6.42 Å². The molecule has 0 saturated heterocycles. The monoisotopic (exact) mass is 342 g/mol. The summed E-state index contributed by atoms with van der Waals surface area (Å²) >= 11 is 4.97. The van der Waals surface area contributed by atoms with E-state index < -0.39 is 0 Å². The summed E-state index contributed by atoms with van der Waals surface area (Å²) in [7, 11) is 0. The van der Waals surface area contributed by atoms with E-state index in [-0.39, 0.29) is 11.9 Å². The standard InChI is InChI=1S/C14H16BrFN2S/c1-2-6-17-12(9-13-18-7-8-19-13)10-4-3-5-11(16)14(10)15/h3-5,7-8,12,17H,2,6,9H2,1H3. The number of hydrogen-bond donors (Lipinski definition) is 1. The quantitative estimate of drug-likeness (QED) is 0.845. The van der Waals surface area contributed by atoms with Gasteiger partial charge in [-0.05, 0) is 40.5 Å². The van der Waals surface area contributed by atoms with Crippen LogP contribution >= 0.6 is 27.3 Å². The van der Waals surface area contributed by atoms with Crippen LogP contribution in [0.15, 0.2) is 34.2 Å². The van der Waals surface area contributed by atoms with E-state index in [1.807, 2.05) is 11.4 Å². The molecule has 2 rings (SSSR count). The highest BCUT2D eigenvalue weighted by atomic mass is 79.9. The summed E-state index contributed by atoms with van der Waals surface area (Å²) in [5, 5.41) is 6.49. The van der Waals surface area contributed by atoms with Gasteiger partial charge in [-0.25, -0.2) is 9.37 Å². The van der Waals surface area contributed by atoms with E-state index in [1.165, 1.54) is 6.07 Å². The summed E-state index contributed by atoms with van der Waals surface area (Å²) in [4.78, 5) is 4.31. The Labute approximate surface area is 125 Å². The highest BCUT2D eigenvalue weighted by molar-refractivity contribution is 9.10. The number of aromatic nitrogens is 1. The lowest BCUT2D eigenvalue weighted by atomic mass is 10.0. The molecule has 102 valence electrons. The van der Waals surface area contributed by atoms with Crippen LogP contribution in [0.25, 0.3) is 0 Å². The van der Waals surface area contributed by atoms with Crippen molar-refractivity contribution in [2.75, 3.05) is 6.54 Å². The van der Waals surface area contributed by atoms with Gasteiger partial charge in [-0.3, -0.25) is 0 Å². The molecule has 0 aliphatic rings. The summed E-state index contributed by atoms with van der Waals surface area (Å²) < 4.78 is 14.2. The van der Waals surface area contributed by atoms with Crippen LogP contribution < -0.4 is 5.32 Å². The molecule has 0 aliphatic carbocycles. The Kier molecular flexibility index (Phi) is 5.48. The minimum atomic E-state index is -0.222. The van der Waals surface area contributed by atoms with Crippen molar-refractivity contribution in [3.8, 4) is 0 Å². The molecule has 1 aromatic heterocycles. The lowest BCUT2D eigenvalue weighted by molar-refractivity contribution is 0.520. The van der Waals surface area contributed by atoms with Crippen molar-refractivity contribution in [2.45, 2.75) is 25.8 Å². The van der Waals surface area contributed by atoms with Crippen LogP contribution in [-0.4, -0.2) is 11.5 Å². The van der Waals surface area contributed by atoms with Gasteiger partial charge in [0.2, 0.25) is 0 Å². The van der Waals surface area contributed by atoms with Crippen molar-refractivity contribution < 1.29 is 4.39 Å². The second-order valence-corrected chi connectivity index (χ2v) is 6.05. The minimum absolute atomic E-state index is 0.0798. The number of halogens is 2. The molecule has 0 aliphatic heterocycles. The molecule has 0 saturated carbocycles. The molecule has 0 amide bonds. The maximum absolute atomic E-state index is 13.7. The first kappa shape index (κ1) is 14.6. The minimum Gasteiger partial charge on any atom is -0.310 e. The average Bonchev–Trinajstić information content (AvgIpc) is 2.91. The van der Waals surface area contributed by atoms with Crippen LogP contribution in [0, 0.1) is 5.82 Å². The zero-order valence-electron chi connectivity index (χ0n) is 10.7. The van der Waals surface area contributed by atoms with Crippen molar-refractivity contribution in [1.82, 2.24) is 10.3 Å². The fourth-order valence-electron chi connectivity index (χ4n) is 1.93. The SMILES string of the molecule is CCCNC(Cc1nccs1)c1cccc(F)c1Br. The van der Waals surface area contributed by atoms with Gasteiger partial charge in [-0.2, -0.15) is 0 Å². The Morgan fingerprint density at radius 2 is 2.32 bits per heavy atom. The van der Waals surface area contributed by atoms with Gasteiger partial charge in [0.25, 0.3) is 0 Å². The van der Waals surface area contributed by atoms with Gasteiger partial charge in [0.1, 0.15) is 5.82 Å². The fraction of sp³-hybridized carbons (Fsp3) is 0.357. The molecule has 1 atom stereocenters. The Hall–Kier alpha value is -0.780. The molecule has 1 N–H and O–H groups in total. The third-order valence-electron chi connectivity index (χ3n) is 2.86. The van der Waals surface area contributed by atoms with E-state index >= 15 is 0 Å². The average molecular weight is 343 g/mol. The molecule has 2 nitrogen and oxygen atoms in total. The van der Waals surface area contributed by atoms with Gasteiger partial charge in [0.05, 0.1) is 9.48 Å². The number of hydrogen-bond acceptors (Lipinski definition) is 3. The van der Waals surface area contributed by atoms with E-state index in [1.54, 1.807) is 23.6 Å². The lowest BCUT2D eigenvalue weighted by Gasteiger charge is -2.19. The molecule has 1 unspecified atom stereocenters. The summed E-state index contributed by atoms with van der Waals surface area (Å²) in [6.45, 7) is 3.02. The smallest absolute Gasteiger partial charge is 0.137 e. The first-order valence-electron chi connectivity index (χ1n) is 6.28. The van der Waals surface area contributed by atoms with Gasteiger partial charge >= 0.3 is 0 Å². The zero-order chi connectivity index (χ0) is 13.7. The van der Waals surface area contributed by atoms with Crippen molar-refractivity contribution >= 4 is 27.3 Å². The third kappa shape index (κ3) is 3.84. The van der Waals surface area contributed by atoms with Crippen LogP contribution in [0.3, 0.4) is 0 Å². The molecule has 1 heterocycles. The highest BCUT2D eigenvalue weighted by Gasteiger charge is 2.17. The Morgan fingerprint density at radius 1 is 1.47 bits per heavy atom. The van der Waals surface area contributed by atoms with Gasteiger partial charge in [-0.1, -0.05) is 19.1 Å². The number of rotatable bonds is 6. The zero-order valence-corrected chi connectivity index (χ0v) is 13.1. The molecular formula is C14H16BrFN2S. The summed E-state index contributed by atoms with van der Waals surface area (Å²) in [6.07, 6.45) is 3.62. The number of benzene rings is 1. The molecule has 0 spiro atoms. The topological polar surface area (TPSA) is 24.9 Å². The van der Waals surface area contributed by atoms with E-state index in [9.17, 15) is 4.39 Å². The Bertz CT molecular complexity index is 516. The van der Waals surface area contributed by atoms with Crippen LogP contribution in [0.4, 0.5) is 4.39 Å². The van der Waals surface area contributed by atoms with Crippen LogP contribution in [0.1, 0.15) is 30.0 Å². The van der Waals surface area contributed by atoms with Crippen LogP contribution in [0.5, 0.6) is 0 Å². The summed E-state index contributed by atoms with van der Waals surface area (Å²) in [5.74, 6) is -0.222. The second-order valence-electron chi connectivity index (χ2n) is 4.28. The molecule has 1 aromatic carbocycles. The predicted octanol–water partition coefficient (Wildman–Crippen LogP) is 4.33. The molecule has 0 fully saturated rings. The predicted molar refractivity (Wildman–Crippen MR) is 81.0 cm³/mol. The van der Waals surface area contributed by atoms with Crippen molar-refractivity contribution in [1.29, 1.82) is 0 Å². The van der Waals surface area contributed by atoms with Gasteiger partial charge in [0.15, 0.2) is 0 Å². The molecular weight excluding hydrogens is 327 g/mol. The van der Waals surface area contributed by atoms with E-state index in [0.717, 1.165) is 30.0 Å². The second kappa shape index (κ2) is 7.12. The number of nitrogens with zero attached hydrogens (tertiary/aromatic N) is 1. The van der Waals surface area contributed by atoms with Crippen LogP contribution in [0.2, 0.25) is 0 Å². The Morgan fingerprint density at radius 3 is 3.00 bits per heavy atom. The third-order valence-corrected chi connectivity index (χ3v) is 4.50. The fourth-order valence-corrected chi connectivity index (χ4v) is 3.13. The number of thiazole rings is 1. The normalized spacial score (nSPS) is 12.6. The summed E-state index contributed by atoms with van der Waals surface area (Å²) in [5.41, 5.74) is 0.948. The molecule has 19 heavy (non-hydrogen) atoms. The van der Waals surface area contributed by atoms with E-state index in [2.05, 4.69) is 33.2 Å². The van der Waals surface area contributed by atoms with Gasteiger partial charge < -0.3 is 5.32 Å². The molecule has 5 heteroatoms. The molecule has 2 aromatic rings. The Balaban J connectivity index is 2.23. The van der Waals surface area contributed by atoms with E-state index in [0.29, 0.717) is 4.47 Å².